The monoisotopic (exact) mass is 334 g/mol. The van der Waals surface area contributed by atoms with E-state index in [0.717, 1.165) is 12.7 Å². The maximum Gasteiger partial charge on any atom is 0.242 e. The number of nitrogens with one attached hydrogen (secondary N) is 2. The van der Waals surface area contributed by atoms with Crippen LogP contribution in [0.1, 0.15) is 20.3 Å². The quantitative estimate of drug-likeness (QED) is 0.746. The van der Waals surface area contributed by atoms with E-state index in [9.17, 15) is 16.8 Å². The van der Waals surface area contributed by atoms with Crippen LogP contribution in [0.4, 0.5) is 5.69 Å². The van der Waals surface area contributed by atoms with Gasteiger partial charge in [-0.1, -0.05) is 19.1 Å². The summed E-state index contributed by atoms with van der Waals surface area (Å²) in [4.78, 5) is 0.124. The van der Waals surface area contributed by atoms with Crippen molar-refractivity contribution < 1.29 is 16.8 Å². The molecular formula is C13H22N2O4S2. The van der Waals surface area contributed by atoms with Crippen LogP contribution in [0, 0.1) is 0 Å². The smallest absolute Gasteiger partial charge is 0.242 e. The Kier molecular flexibility index (Phi) is 6.18. The Hall–Kier alpha value is -1.12. The Labute approximate surface area is 126 Å². The molecule has 0 spiro atoms. The van der Waals surface area contributed by atoms with Gasteiger partial charge in [0.1, 0.15) is 14.7 Å². The third-order valence-electron chi connectivity index (χ3n) is 2.65. The van der Waals surface area contributed by atoms with Crippen LogP contribution in [0.5, 0.6) is 0 Å². The standard InChI is InChI=1S/C13H22N2O4S2/c1-4-9-14-12-7-5-6-8-13(12)21(18,19)15-11(2)10-20(3,16)17/h5-8,11,14-15H,4,9-10H2,1-3H3. The summed E-state index contributed by atoms with van der Waals surface area (Å²) >= 11 is 0. The summed E-state index contributed by atoms with van der Waals surface area (Å²) in [5.74, 6) is -0.239. The minimum atomic E-state index is -3.77. The molecule has 1 atom stereocenters. The largest absolute Gasteiger partial charge is 0.384 e. The van der Waals surface area contributed by atoms with Crippen molar-refractivity contribution in [2.24, 2.45) is 0 Å². The van der Waals surface area contributed by atoms with Gasteiger partial charge in [0.15, 0.2) is 0 Å². The molecule has 0 aromatic heterocycles. The summed E-state index contributed by atoms with van der Waals surface area (Å²) in [6.07, 6.45) is 1.95. The van der Waals surface area contributed by atoms with E-state index in [2.05, 4.69) is 10.0 Å². The molecule has 0 bridgehead atoms. The van der Waals surface area contributed by atoms with Gasteiger partial charge in [-0.05, 0) is 25.5 Å². The van der Waals surface area contributed by atoms with Crippen molar-refractivity contribution in [3.63, 3.8) is 0 Å². The molecule has 8 heteroatoms. The summed E-state index contributed by atoms with van der Waals surface area (Å²) in [5.41, 5.74) is 0.512. The van der Waals surface area contributed by atoms with Gasteiger partial charge in [0.25, 0.3) is 0 Å². The second-order valence-corrected chi connectivity index (χ2v) is 8.90. The lowest BCUT2D eigenvalue weighted by Crippen LogP contribution is -2.37. The first-order chi connectivity index (χ1) is 9.65. The van der Waals surface area contributed by atoms with Crippen LogP contribution >= 0.6 is 0 Å². The van der Waals surface area contributed by atoms with Gasteiger partial charge in [0.05, 0.1) is 11.4 Å². The van der Waals surface area contributed by atoms with Gasteiger partial charge >= 0.3 is 0 Å². The average Bonchev–Trinajstić information content (AvgIpc) is 2.33. The molecule has 120 valence electrons. The fourth-order valence-electron chi connectivity index (χ4n) is 1.92. The lowest BCUT2D eigenvalue weighted by atomic mass is 10.3. The Balaban J connectivity index is 2.97. The molecule has 0 aliphatic heterocycles. The summed E-state index contributed by atoms with van der Waals surface area (Å²) in [6.45, 7) is 4.17. The molecule has 0 aliphatic carbocycles. The van der Waals surface area contributed by atoms with E-state index in [0.29, 0.717) is 12.2 Å². The van der Waals surface area contributed by atoms with Crippen molar-refractivity contribution >= 4 is 25.5 Å². The van der Waals surface area contributed by atoms with Crippen molar-refractivity contribution in [1.29, 1.82) is 0 Å². The fraction of sp³-hybridized carbons (Fsp3) is 0.538. The molecule has 0 heterocycles. The first kappa shape index (κ1) is 17.9. The Morgan fingerprint density at radius 1 is 1.14 bits per heavy atom. The van der Waals surface area contributed by atoms with Gasteiger partial charge in [-0.15, -0.1) is 0 Å². The number of rotatable bonds is 8. The number of para-hydroxylation sites is 1. The van der Waals surface area contributed by atoms with E-state index in [-0.39, 0.29) is 10.6 Å². The molecule has 2 N–H and O–H groups in total. The van der Waals surface area contributed by atoms with Gasteiger partial charge in [-0.25, -0.2) is 21.6 Å². The minimum absolute atomic E-state index is 0.124. The van der Waals surface area contributed by atoms with Crippen LogP contribution in [-0.2, 0) is 19.9 Å². The lowest BCUT2D eigenvalue weighted by Gasteiger charge is -2.16. The molecule has 1 aromatic carbocycles. The molecule has 0 saturated heterocycles. The first-order valence-electron chi connectivity index (χ1n) is 6.68. The molecule has 1 rings (SSSR count). The maximum atomic E-state index is 12.4. The highest BCUT2D eigenvalue weighted by molar-refractivity contribution is 7.91. The van der Waals surface area contributed by atoms with E-state index in [1.807, 2.05) is 6.92 Å². The molecule has 1 unspecified atom stereocenters. The molecular weight excluding hydrogens is 312 g/mol. The van der Waals surface area contributed by atoms with E-state index in [1.54, 1.807) is 18.2 Å². The molecule has 0 fully saturated rings. The number of sulfone groups is 1. The third-order valence-corrected chi connectivity index (χ3v) is 5.40. The molecule has 0 aliphatic rings. The van der Waals surface area contributed by atoms with E-state index in [4.69, 9.17) is 0 Å². The highest BCUT2D eigenvalue weighted by Crippen LogP contribution is 2.21. The van der Waals surface area contributed by atoms with Crippen LogP contribution in [0.15, 0.2) is 29.2 Å². The molecule has 0 radical (unpaired) electrons. The van der Waals surface area contributed by atoms with Crippen molar-refractivity contribution in [3.8, 4) is 0 Å². The van der Waals surface area contributed by atoms with Crippen LogP contribution in [0.3, 0.4) is 0 Å². The van der Waals surface area contributed by atoms with Crippen LogP contribution in [-0.4, -0.2) is 41.4 Å². The summed E-state index contributed by atoms with van der Waals surface area (Å²) in [5, 5.41) is 3.05. The number of anilines is 1. The Morgan fingerprint density at radius 2 is 1.76 bits per heavy atom. The van der Waals surface area contributed by atoms with E-state index >= 15 is 0 Å². The van der Waals surface area contributed by atoms with Crippen molar-refractivity contribution in [2.75, 3.05) is 23.9 Å². The Bertz CT molecular complexity index is 669. The second-order valence-electron chi connectivity index (χ2n) is 5.04. The second kappa shape index (κ2) is 7.24. The van der Waals surface area contributed by atoms with Gasteiger partial charge in [0.2, 0.25) is 10.0 Å². The highest BCUT2D eigenvalue weighted by atomic mass is 32.2. The molecule has 0 saturated carbocycles. The summed E-state index contributed by atoms with van der Waals surface area (Å²) < 4.78 is 49.6. The normalized spacial score (nSPS) is 13.9. The van der Waals surface area contributed by atoms with Crippen molar-refractivity contribution in [3.05, 3.63) is 24.3 Å². The van der Waals surface area contributed by atoms with Crippen LogP contribution in [0.25, 0.3) is 0 Å². The van der Waals surface area contributed by atoms with Gasteiger partial charge in [-0.3, -0.25) is 0 Å². The predicted octanol–water partition coefficient (Wildman–Crippen LogP) is 1.22. The van der Waals surface area contributed by atoms with E-state index in [1.165, 1.54) is 13.0 Å². The SMILES string of the molecule is CCCNc1ccccc1S(=O)(=O)NC(C)CS(C)(=O)=O. The summed E-state index contributed by atoms with van der Waals surface area (Å²) in [6, 6.07) is 5.87. The predicted molar refractivity (Wildman–Crippen MR) is 84.7 cm³/mol. The van der Waals surface area contributed by atoms with Gasteiger partial charge in [-0.2, -0.15) is 0 Å². The van der Waals surface area contributed by atoms with Gasteiger partial charge < -0.3 is 5.32 Å². The molecule has 21 heavy (non-hydrogen) atoms. The van der Waals surface area contributed by atoms with Crippen molar-refractivity contribution in [1.82, 2.24) is 4.72 Å². The number of benzene rings is 1. The zero-order valence-corrected chi connectivity index (χ0v) is 14.1. The number of sulfonamides is 1. The first-order valence-corrected chi connectivity index (χ1v) is 10.2. The minimum Gasteiger partial charge on any atom is -0.384 e. The van der Waals surface area contributed by atoms with Crippen molar-refractivity contribution in [2.45, 2.75) is 31.2 Å². The fourth-order valence-corrected chi connectivity index (χ4v) is 4.45. The maximum absolute atomic E-state index is 12.4. The number of hydrogen-bond acceptors (Lipinski definition) is 5. The van der Waals surface area contributed by atoms with Crippen LogP contribution < -0.4 is 10.0 Å². The number of hydrogen-bond donors (Lipinski definition) is 2. The topological polar surface area (TPSA) is 92.3 Å². The zero-order chi connectivity index (χ0) is 16.1. The van der Waals surface area contributed by atoms with E-state index < -0.39 is 25.9 Å². The zero-order valence-electron chi connectivity index (χ0n) is 12.5. The summed E-state index contributed by atoms with van der Waals surface area (Å²) in [7, 11) is -7.01. The third kappa shape index (κ3) is 6.03. The highest BCUT2D eigenvalue weighted by Gasteiger charge is 2.22. The molecule has 1 aromatic rings. The average molecular weight is 334 g/mol. The Morgan fingerprint density at radius 3 is 2.33 bits per heavy atom. The lowest BCUT2D eigenvalue weighted by molar-refractivity contribution is 0.564. The molecule has 6 nitrogen and oxygen atoms in total. The van der Waals surface area contributed by atoms with Gasteiger partial charge in [0, 0.05) is 18.8 Å². The molecule has 0 amide bonds. The van der Waals surface area contributed by atoms with Crippen LogP contribution in [0.2, 0.25) is 0 Å².